The summed E-state index contributed by atoms with van der Waals surface area (Å²) >= 11 is 0. The summed E-state index contributed by atoms with van der Waals surface area (Å²) in [4.78, 5) is 10.6. The number of hydrogen-bond acceptors (Lipinski definition) is 5. The Balaban J connectivity index is 3.13. The number of nitrogens with zero attached hydrogens (tertiary/aromatic N) is 1. The lowest BCUT2D eigenvalue weighted by atomic mass is 10.2. The third-order valence-electron chi connectivity index (χ3n) is 2.66. The predicted molar refractivity (Wildman–Crippen MR) is 69.7 cm³/mol. The molecular weight excluding hydrogens is 284 g/mol. The van der Waals surface area contributed by atoms with Gasteiger partial charge in [0.2, 0.25) is 10.0 Å². The summed E-state index contributed by atoms with van der Waals surface area (Å²) in [6.07, 6.45) is 0.441. The molecule has 0 bridgehead atoms. The first-order valence-electron chi connectivity index (χ1n) is 5.77. The van der Waals surface area contributed by atoms with E-state index in [2.05, 4.69) is 4.72 Å². The van der Waals surface area contributed by atoms with Crippen molar-refractivity contribution in [2.75, 3.05) is 0 Å². The highest BCUT2D eigenvalue weighted by atomic mass is 32.2. The van der Waals surface area contributed by atoms with Crippen LogP contribution >= 0.6 is 0 Å². The molecule has 0 aliphatic rings. The summed E-state index contributed by atoms with van der Waals surface area (Å²) in [5.41, 5.74) is -0.499. The fraction of sp³-hybridized carbons (Fsp3) is 0.333. The minimum absolute atomic E-state index is 0.0135. The summed E-state index contributed by atoms with van der Waals surface area (Å²) < 4.78 is 26.5. The first-order chi connectivity index (χ1) is 9.31. The number of sulfonamides is 1. The van der Waals surface area contributed by atoms with Crippen LogP contribution in [0.3, 0.4) is 0 Å². The van der Waals surface area contributed by atoms with Crippen LogP contribution in [0.1, 0.15) is 30.1 Å². The second-order valence-corrected chi connectivity index (χ2v) is 5.79. The van der Waals surface area contributed by atoms with E-state index in [0.717, 1.165) is 18.2 Å². The zero-order valence-electron chi connectivity index (χ0n) is 10.7. The van der Waals surface area contributed by atoms with Gasteiger partial charge in [-0.25, -0.2) is 17.9 Å². The topological polar surface area (TPSA) is 127 Å². The minimum Gasteiger partial charge on any atom is -0.507 e. The number of carbonyl (C=O) groups is 1. The van der Waals surface area contributed by atoms with Crippen LogP contribution in [0.5, 0.6) is 5.75 Å². The van der Waals surface area contributed by atoms with Crippen molar-refractivity contribution in [1.82, 2.24) is 4.72 Å². The van der Waals surface area contributed by atoms with Crippen LogP contribution in [-0.2, 0) is 10.0 Å². The Kier molecular flexibility index (Phi) is 5.07. The van der Waals surface area contributed by atoms with E-state index in [1.54, 1.807) is 6.92 Å². The van der Waals surface area contributed by atoms with E-state index in [0.29, 0.717) is 6.42 Å². The molecule has 3 N–H and O–H groups in total. The van der Waals surface area contributed by atoms with Gasteiger partial charge >= 0.3 is 5.97 Å². The molecule has 0 aliphatic carbocycles. The Morgan fingerprint density at radius 1 is 1.50 bits per heavy atom. The van der Waals surface area contributed by atoms with Crippen LogP contribution in [0.25, 0.3) is 0 Å². The monoisotopic (exact) mass is 298 g/mol. The maximum atomic E-state index is 12.1. The molecule has 1 atom stereocenters. The molecule has 0 spiro atoms. The van der Waals surface area contributed by atoms with Gasteiger partial charge in [-0.3, -0.25) is 0 Å². The first-order valence-corrected chi connectivity index (χ1v) is 7.25. The fourth-order valence-electron chi connectivity index (χ4n) is 1.52. The molecule has 1 unspecified atom stereocenters. The number of carboxylic acid groups (broad SMARTS) is 1. The zero-order valence-corrected chi connectivity index (χ0v) is 11.5. The van der Waals surface area contributed by atoms with Crippen LogP contribution < -0.4 is 4.72 Å². The first kappa shape index (κ1) is 15.9. The van der Waals surface area contributed by atoms with E-state index >= 15 is 0 Å². The Morgan fingerprint density at radius 3 is 2.65 bits per heavy atom. The highest BCUT2D eigenvalue weighted by Gasteiger charge is 2.21. The molecular formula is C12H14N2O5S. The Hall–Kier alpha value is -2.11. The highest BCUT2D eigenvalue weighted by Crippen LogP contribution is 2.21. The lowest BCUT2D eigenvalue weighted by Gasteiger charge is -2.14. The van der Waals surface area contributed by atoms with Gasteiger partial charge in [-0.2, -0.15) is 5.26 Å². The molecule has 8 heteroatoms. The smallest absolute Gasteiger partial charge is 0.339 e. The molecule has 0 aliphatic heterocycles. The number of nitrogens with one attached hydrogen (secondary N) is 1. The molecule has 0 heterocycles. The number of aromatic carboxylic acids is 1. The van der Waals surface area contributed by atoms with Crippen LogP contribution in [0.15, 0.2) is 23.1 Å². The lowest BCUT2D eigenvalue weighted by Crippen LogP contribution is -2.34. The van der Waals surface area contributed by atoms with Crippen LogP contribution in [0.4, 0.5) is 0 Å². The number of benzene rings is 1. The Labute approximate surface area is 116 Å². The second kappa shape index (κ2) is 6.36. The van der Waals surface area contributed by atoms with Gasteiger partial charge in [0.1, 0.15) is 11.3 Å². The number of aromatic hydroxyl groups is 1. The van der Waals surface area contributed by atoms with E-state index in [1.807, 2.05) is 6.07 Å². The van der Waals surface area contributed by atoms with Gasteiger partial charge in [0.25, 0.3) is 0 Å². The Morgan fingerprint density at radius 2 is 2.15 bits per heavy atom. The minimum atomic E-state index is -3.94. The summed E-state index contributed by atoms with van der Waals surface area (Å²) in [5, 5.41) is 26.8. The lowest BCUT2D eigenvalue weighted by molar-refractivity contribution is 0.0693. The van der Waals surface area contributed by atoms with Gasteiger partial charge < -0.3 is 10.2 Å². The number of nitriles is 1. The SMILES string of the molecule is CCC(CC#N)NS(=O)(=O)c1ccc(O)c(C(=O)O)c1. The molecule has 0 aromatic heterocycles. The Bertz CT molecular complexity index is 648. The zero-order chi connectivity index (χ0) is 15.3. The van der Waals surface area contributed by atoms with Crippen molar-refractivity contribution in [3.63, 3.8) is 0 Å². The average Bonchev–Trinajstić information content (AvgIpc) is 2.37. The highest BCUT2D eigenvalue weighted by molar-refractivity contribution is 7.89. The molecule has 1 aromatic carbocycles. The summed E-state index contributed by atoms with van der Waals surface area (Å²) in [5.74, 6) is -1.94. The third-order valence-corrected chi connectivity index (χ3v) is 4.18. The molecule has 0 saturated carbocycles. The van der Waals surface area contributed by atoms with Crippen molar-refractivity contribution < 1.29 is 23.4 Å². The van der Waals surface area contributed by atoms with Gasteiger partial charge in [-0.15, -0.1) is 0 Å². The quantitative estimate of drug-likeness (QED) is 0.720. The van der Waals surface area contributed by atoms with Crippen LogP contribution in [-0.4, -0.2) is 30.6 Å². The summed E-state index contributed by atoms with van der Waals surface area (Å²) in [6.45, 7) is 1.73. The number of hydrogen-bond donors (Lipinski definition) is 3. The van der Waals surface area contributed by atoms with Gasteiger partial charge in [-0.05, 0) is 24.6 Å². The fourth-order valence-corrected chi connectivity index (χ4v) is 2.87. The molecule has 0 radical (unpaired) electrons. The second-order valence-electron chi connectivity index (χ2n) is 4.07. The maximum absolute atomic E-state index is 12.1. The molecule has 20 heavy (non-hydrogen) atoms. The van der Waals surface area contributed by atoms with Gasteiger partial charge in [-0.1, -0.05) is 6.92 Å². The molecule has 0 amide bonds. The molecule has 7 nitrogen and oxygen atoms in total. The number of rotatable bonds is 6. The van der Waals surface area contributed by atoms with E-state index < -0.39 is 33.3 Å². The van der Waals surface area contributed by atoms with Gasteiger partial charge in [0.15, 0.2) is 0 Å². The van der Waals surface area contributed by atoms with E-state index in [4.69, 9.17) is 10.4 Å². The van der Waals surface area contributed by atoms with Crippen LogP contribution in [0, 0.1) is 11.3 Å². The average molecular weight is 298 g/mol. The predicted octanol–water partition coefficient (Wildman–Crippen LogP) is 1.06. The molecule has 0 saturated heterocycles. The largest absolute Gasteiger partial charge is 0.507 e. The number of carboxylic acids is 1. The van der Waals surface area contributed by atoms with E-state index in [-0.39, 0.29) is 11.3 Å². The van der Waals surface area contributed by atoms with E-state index in [9.17, 15) is 18.3 Å². The van der Waals surface area contributed by atoms with Crippen molar-refractivity contribution in [3.05, 3.63) is 23.8 Å². The maximum Gasteiger partial charge on any atom is 0.339 e. The van der Waals surface area contributed by atoms with Gasteiger partial charge in [0.05, 0.1) is 17.4 Å². The van der Waals surface area contributed by atoms with Crippen LogP contribution in [0.2, 0.25) is 0 Å². The third kappa shape index (κ3) is 3.69. The van der Waals surface area contributed by atoms with E-state index in [1.165, 1.54) is 0 Å². The van der Waals surface area contributed by atoms with Crippen molar-refractivity contribution >= 4 is 16.0 Å². The molecule has 1 rings (SSSR count). The standard InChI is InChI=1S/C12H14N2O5S/c1-2-8(5-6-13)14-20(18,19)9-3-4-11(15)10(7-9)12(16)17/h3-4,7-8,14-15H,2,5H2,1H3,(H,16,17). The van der Waals surface area contributed by atoms with Crippen molar-refractivity contribution in [3.8, 4) is 11.8 Å². The molecule has 108 valence electrons. The van der Waals surface area contributed by atoms with Gasteiger partial charge in [0, 0.05) is 6.04 Å². The molecule has 1 aromatic rings. The van der Waals surface area contributed by atoms with Crippen molar-refractivity contribution in [2.24, 2.45) is 0 Å². The van der Waals surface area contributed by atoms with Crippen molar-refractivity contribution in [2.45, 2.75) is 30.7 Å². The molecule has 0 fully saturated rings. The summed E-state index contributed by atoms with van der Waals surface area (Å²) in [7, 11) is -3.94. The van der Waals surface area contributed by atoms with Crippen molar-refractivity contribution in [1.29, 1.82) is 5.26 Å². The normalized spacial score (nSPS) is 12.6. The number of phenols is 1. The summed E-state index contributed by atoms with van der Waals surface area (Å²) in [6, 6.07) is 4.30.